The molecule has 2 aromatic carbocycles. The number of benzene rings is 2. The summed E-state index contributed by atoms with van der Waals surface area (Å²) >= 11 is 0. The Bertz CT molecular complexity index is 883. The summed E-state index contributed by atoms with van der Waals surface area (Å²) in [6.45, 7) is 6.62. The average Bonchev–Trinajstić information content (AvgIpc) is 2.72. The number of hydrogen-bond donors (Lipinski definition) is 2. The smallest absolute Gasteiger partial charge is 0.161 e. The maximum atomic E-state index is 9.08. The highest BCUT2D eigenvalue weighted by Gasteiger charge is 2.39. The fourth-order valence-electron chi connectivity index (χ4n) is 4.98. The summed E-state index contributed by atoms with van der Waals surface area (Å²) in [5.41, 5.74) is 13.4. The number of nitrogens with zero attached hydrogens (tertiary/aromatic N) is 1. The van der Waals surface area contributed by atoms with E-state index in [1.807, 2.05) is 0 Å². The molecule has 5 nitrogen and oxygen atoms in total. The molecule has 1 fully saturated rings. The Kier molecular flexibility index (Phi) is 5.81. The maximum absolute atomic E-state index is 9.08. The molecule has 0 saturated carbocycles. The van der Waals surface area contributed by atoms with Gasteiger partial charge in [-0.1, -0.05) is 23.8 Å². The van der Waals surface area contributed by atoms with Crippen molar-refractivity contribution in [2.24, 2.45) is 5.73 Å². The van der Waals surface area contributed by atoms with Crippen molar-refractivity contribution in [3.05, 3.63) is 58.1 Å². The van der Waals surface area contributed by atoms with Gasteiger partial charge in [-0.15, -0.1) is 0 Å². The number of fused-ring (bicyclic) bond motifs is 3. The Labute approximate surface area is 173 Å². The van der Waals surface area contributed by atoms with Gasteiger partial charge in [0, 0.05) is 31.1 Å². The maximum Gasteiger partial charge on any atom is 0.161 e. The summed E-state index contributed by atoms with van der Waals surface area (Å²) in [6, 6.07) is 11.3. The van der Waals surface area contributed by atoms with Crippen LogP contribution in [0.15, 0.2) is 30.3 Å². The molecule has 0 bridgehead atoms. The van der Waals surface area contributed by atoms with E-state index < -0.39 is 0 Å². The van der Waals surface area contributed by atoms with Crippen LogP contribution in [0.4, 0.5) is 0 Å². The lowest BCUT2D eigenvalue weighted by Gasteiger charge is -2.46. The zero-order valence-corrected chi connectivity index (χ0v) is 17.6. The summed E-state index contributed by atoms with van der Waals surface area (Å²) in [6.07, 6.45) is 1.92. The molecular weight excluding hydrogens is 364 g/mol. The van der Waals surface area contributed by atoms with Gasteiger partial charge in [-0.05, 0) is 61.1 Å². The van der Waals surface area contributed by atoms with Crippen LogP contribution in [0.3, 0.4) is 0 Å². The Morgan fingerprint density at radius 2 is 1.97 bits per heavy atom. The van der Waals surface area contributed by atoms with Gasteiger partial charge in [0.2, 0.25) is 0 Å². The van der Waals surface area contributed by atoms with E-state index >= 15 is 0 Å². The summed E-state index contributed by atoms with van der Waals surface area (Å²) in [7, 11) is 1.66. The van der Waals surface area contributed by atoms with Crippen molar-refractivity contribution in [3.63, 3.8) is 0 Å². The number of ether oxygens (including phenoxy) is 2. The van der Waals surface area contributed by atoms with Gasteiger partial charge in [0.05, 0.1) is 13.7 Å². The third kappa shape index (κ3) is 3.87. The van der Waals surface area contributed by atoms with E-state index in [1.165, 1.54) is 27.8 Å². The molecule has 5 heteroatoms. The van der Waals surface area contributed by atoms with Crippen molar-refractivity contribution >= 4 is 0 Å². The average molecular weight is 397 g/mol. The number of piperidine rings is 1. The summed E-state index contributed by atoms with van der Waals surface area (Å²) < 4.78 is 11.3. The molecule has 0 amide bonds. The van der Waals surface area contributed by atoms with Crippen molar-refractivity contribution in [2.75, 3.05) is 33.4 Å². The topological polar surface area (TPSA) is 68.0 Å². The Balaban J connectivity index is 1.62. The van der Waals surface area contributed by atoms with Crippen LogP contribution < -0.4 is 15.2 Å². The molecule has 1 saturated heterocycles. The highest BCUT2D eigenvalue weighted by molar-refractivity contribution is 5.50. The van der Waals surface area contributed by atoms with Gasteiger partial charge in [-0.25, -0.2) is 0 Å². The number of rotatable bonds is 5. The molecule has 3 atom stereocenters. The minimum atomic E-state index is -0.00867. The van der Waals surface area contributed by atoms with Crippen LogP contribution in [0.2, 0.25) is 0 Å². The monoisotopic (exact) mass is 396 g/mol. The summed E-state index contributed by atoms with van der Waals surface area (Å²) in [5, 5.41) is 9.08. The molecular formula is C24H32N2O3. The third-order valence-corrected chi connectivity index (χ3v) is 6.52. The Morgan fingerprint density at radius 1 is 1.14 bits per heavy atom. The fourth-order valence-corrected chi connectivity index (χ4v) is 4.98. The van der Waals surface area contributed by atoms with Gasteiger partial charge in [-0.2, -0.15) is 0 Å². The van der Waals surface area contributed by atoms with Gasteiger partial charge in [0.1, 0.15) is 6.61 Å². The molecule has 4 rings (SSSR count). The van der Waals surface area contributed by atoms with Gasteiger partial charge in [0.25, 0.3) is 0 Å². The van der Waals surface area contributed by atoms with Crippen molar-refractivity contribution in [1.29, 1.82) is 0 Å². The van der Waals surface area contributed by atoms with Crippen LogP contribution in [0.25, 0.3) is 0 Å². The van der Waals surface area contributed by atoms with E-state index in [0.29, 0.717) is 17.7 Å². The number of aryl methyl sites for hydroxylation is 2. The first kappa shape index (κ1) is 20.2. The molecule has 0 spiro atoms. The molecule has 2 heterocycles. The molecule has 29 heavy (non-hydrogen) atoms. The lowest BCUT2D eigenvalue weighted by molar-refractivity contribution is 0.109. The molecule has 0 unspecified atom stereocenters. The van der Waals surface area contributed by atoms with E-state index in [2.05, 4.69) is 49.1 Å². The Morgan fingerprint density at radius 3 is 2.72 bits per heavy atom. The standard InChI is InChI=1S/C24H32N2O3/c1-15-4-5-16(2)18(10-15)20-14-26-7-6-17-11-24(29-9-8-27)23(28-3)12-19(17)22(26)13-21(20)25/h4-5,10-12,20-22,27H,6-9,13-14,25H2,1-3H3/t20-,21+,22+/m0/s1. The number of nitrogens with two attached hydrogens (primary N) is 1. The quantitative estimate of drug-likeness (QED) is 0.813. The second kappa shape index (κ2) is 8.34. The van der Waals surface area contributed by atoms with Crippen molar-refractivity contribution in [3.8, 4) is 11.5 Å². The molecule has 0 aliphatic carbocycles. The normalized spacial score (nSPS) is 24.0. The van der Waals surface area contributed by atoms with E-state index in [-0.39, 0.29) is 19.3 Å². The first-order valence-electron chi connectivity index (χ1n) is 10.5. The minimum absolute atomic E-state index is 0.00867. The number of aliphatic hydroxyl groups is 1. The van der Waals surface area contributed by atoms with Crippen molar-refractivity contribution < 1.29 is 14.6 Å². The number of methoxy groups -OCH3 is 1. The Hall–Kier alpha value is -2.08. The van der Waals surface area contributed by atoms with Gasteiger partial charge in [0.15, 0.2) is 11.5 Å². The molecule has 3 N–H and O–H groups in total. The first-order valence-corrected chi connectivity index (χ1v) is 10.5. The number of aliphatic hydroxyl groups excluding tert-OH is 1. The second-order valence-corrected chi connectivity index (χ2v) is 8.40. The molecule has 2 aliphatic rings. The highest BCUT2D eigenvalue weighted by atomic mass is 16.5. The summed E-state index contributed by atoms with van der Waals surface area (Å²) in [5.74, 6) is 1.80. The van der Waals surface area contributed by atoms with Crippen LogP contribution in [-0.2, 0) is 6.42 Å². The third-order valence-electron chi connectivity index (χ3n) is 6.52. The van der Waals surface area contributed by atoms with Gasteiger partial charge < -0.3 is 20.3 Å². The van der Waals surface area contributed by atoms with Crippen LogP contribution in [0.5, 0.6) is 11.5 Å². The van der Waals surface area contributed by atoms with Crippen LogP contribution in [-0.4, -0.2) is 49.5 Å². The molecule has 0 aromatic heterocycles. The lowest BCUT2D eigenvalue weighted by Crippen LogP contribution is -2.49. The highest BCUT2D eigenvalue weighted by Crippen LogP contribution is 2.44. The molecule has 2 aliphatic heterocycles. The van der Waals surface area contributed by atoms with Crippen LogP contribution >= 0.6 is 0 Å². The van der Waals surface area contributed by atoms with Crippen LogP contribution in [0.1, 0.15) is 46.2 Å². The van der Waals surface area contributed by atoms with E-state index in [9.17, 15) is 0 Å². The molecule has 2 aromatic rings. The lowest BCUT2D eigenvalue weighted by atomic mass is 9.77. The predicted molar refractivity (Wildman–Crippen MR) is 115 cm³/mol. The SMILES string of the molecule is COc1cc2c(cc1OCCO)CCN1C[C@@H](c3cc(C)ccc3C)[C@H](N)C[C@H]21. The van der Waals surface area contributed by atoms with Crippen molar-refractivity contribution in [1.82, 2.24) is 4.90 Å². The number of hydrogen-bond acceptors (Lipinski definition) is 5. The molecule has 156 valence electrons. The zero-order valence-electron chi connectivity index (χ0n) is 17.6. The van der Waals surface area contributed by atoms with Gasteiger partial charge in [-0.3, -0.25) is 4.90 Å². The van der Waals surface area contributed by atoms with E-state index in [4.69, 9.17) is 20.3 Å². The van der Waals surface area contributed by atoms with Crippen LogP contribution in [0, 0.1) is 13.8 Å². The fraction of sp³-hybridized carbons (Fsp3) is 0.500. The van der Waals surface area contributed by atoms with E-state index in [1.54, 1.807) is 7.11 Å². The largest absolute Gasteiger partial charge is 0.493 e. The predicted octanol–water partition coefficient (Wildman–Crippen LogP) is 3.10. The van der Waals surface area contributed by atoms with E-state index in [0.717, 1.165) is 31.7 Å². The van der Waals surface area contributed by atoms with Crippen molar-refractivity contribution in [2.45, 2.75) is 44.7 Å². The first-order chi connectivity index (χ1) is 14.0. The molecule has 0 radical (unpaired) electrons. The zero-order chi connectivity index (χ0) is 20.5. The summed E-state index contributed by atoms with van der Waals surface area (Å²) in [4.78, 5) is 2.59. The second-order valence-electron chi connectivity index (χ2n) is 8.40. The minimum Gasteiger partial charge on any atom is -0.493 e. The van der Waals surface area contributed by atoms with Gasteiger partial charge >= 0.3 is 0 Å².